The number of aliphatic imine (C=N–C) groups is 1. The molecule has 2 heterocycles. The predicted molar refractivity (Wildman–Crippen MR) is 113 cm³/mol. The Morgan fingerprint density at radius 1 is 1.15 bits per heavy atom. The lowest BCUT2D eigenvalue weighted by atomic mass is 10.1. The van der Waals surface area contributed by atoms with Crippen molar-refractivity contribution in [3.63, 3.8) is 0 Å². The molecule has 1 fully saturated rings. The Balaban J connectivity index is 1.63. The van der Waals surface area contributed by atoms with Gasteiger partial charge in [-0.2, -0.15) is 0 Å². The first kappa shape index (κ1) is 19.9. The lowest BCUT2D eigenvalue weighted by Crippen LogP contribution is -2.37. The smallest absolute Gasteiger partial charge is 0.191 e. The molecule has 2 N–H and O–H groups in total. The third kappa shape index (κ3) is 6.06. The summed E-state index contributed by atoms with van der Waals surface area (Å²) >= 11 is 1.78. The first-order valence-electron chi connectivity index (χ1n) is 9.68. The molecule has 0 aliphatic carbocycles. The molecule has 2 aromatic rings. The quantitative estimate of drug-likeness (QED) is 0.567. The van der Waals surface area contributed by atoms with Gasteiger partial charge in [-0.25, -0.2) is 4.99 Å². The number of rotatable bonds is 7. The van der Waals surface area contributed by atoms with Crippen molar-refractivity contribution in [2.24, 2.45) is 4.99 Å². The van der Waals surface area contributed by atoms with E-state index in [1.54, 1.807) is 11.3 Å². The number of aryl methyl sites for hydroxylation is 1. The van der Waals surface area contributed by atoms with Crippen LogP contribution < -0.4 is 10.6 Å². The van der Waals surface area contributed by atoms with Crippen LogP contribution in [0.3, 0.4) is 0 Å². The van der Waals surface area contributed by atoms with Crippen LogP contribution >= 0.6 is 11.3 Å². The summed E-state index contributed by atoms with van der Waals surface area (Å²) in [6.45, 7) is 11.2. The summed E-state index contributed by atoms with van der Waals surface area (Å²) in [5.41, 5.74) is 3.97. The zero-order valence-corrected chi connectivity index (χ0v) is 17.1. The minimum Gasteiger partial charge on any atom is -0.379 e. The van der Waals surface area contributed by atoms with E-state index in [0.29, 0.717) is 6.54 Å². The molecule has 27 heavy (non-hydrogen) atoms. The highest BCUT2D eigenvalue weighted by Gasteiger charge is 2.12. The number of nitrogens with zero attached hydrogens (tertiary/aromatic N) is 2. The molecule has 5 nitrogen and oxygen atoms in total. The molecule has 0 atom stereocenters. The Hall–Kier alpha value is -1.89. The number of ether oxygens (including phenoxy) is 1. The number of hydrogen-bond acceptors (Lipinski definition) is 4. The first-order chi connectivity index (χ1) is 13.3. The fraction of sp³-hybridized carbons (Fsp3) is 0.476. The van der Waals surface area contributed by atoms with E-state index < -0.39 is 0 Å². The average Bonchev–Trinajstić information content (AvgIpc) is 3.11. The summed E-state index contributed by atoms with van der Waals surface area (Å²) in [6.07, 6.45) is 0. The first-order valence-corrected chi connectivity index (χ1v) is 10.6. The Morgan fingerprint density at radius 2 is 1.93 bits per heavy atom. The van der Waals surface area contributed by atoms with Crippen LogP contribution in [0.1, 0.15) is 28.5 Å². The topological polar surface area (TPSA) is 48.9 Å². The van der Waals surface area contributed by atoms with Crippen molar-refractivity contribution >= 4 is 17.3 Å². The molecule has 3 rings (SSSR count). The van der Waals surface area contributed by atoms with E-state index in [2.05, 4.69) is 65.1 Å². The van der Waals surface area contributed by atoms with E-state index in [9.17, 15) is 0 Å². The van der Waals surface area contributed by atoms with Gasteiger partial charge in [0.15, 0.2) is 5.96 Å². The van der Waals surface area contributed by atoms with Gasteiger partial charge in [0.05, 0.1) is 26.3 Å². The van der Waals surface area contributed by atoms with Crippen molar-refractivity contribution < 1.29 is 4.74 Å². The summed E-state index contributed by atoms with van der Waals surface area (Å²) in [5.74, 6) is 0.867. The normalized spacial score (nSPS) is 15.7. The van der Waals surface area contributed by atoms with Gasteiger partial charge in [0.1, 0.15) is 0 Å². The molecule has 1 aliphatic rings. The summed E-state index contributed by atoms with van der Waals surface area (Å²) in [4.78, 5) is 8.63. The third-order valence-corrected chi connectivity index (χ3v) is 5.78. The van der Waals surface area contributed by atoms with Gasteiger partial charge in [-0.05, 0) is 42.0 Å². The van der Waals surface area contributed by atoms with Crippen molar-refractivity contribution in [2.75, 3.05) is 32.8 Å². The monoisotopic (exact) mass is 386 g/mol. The van der Waals surface area contributed by atoms with Crippen LogP contribution in [0.25, 0.3) is 0 Å². The summed E-state index contributed by atoms with van der Waals surface area (Å²) < 4.78 is 5.46. The number of nitrogens with one attached hydrogen (secondary N) is 2. The predicted octanol–water partition coefficient (Wildman–Crippen LogP) is 3.14. The van der Waals surface area contributed by atoms with Crippen LogP contribution in [0.4, 0.5) is 0 Å². The number of benzene rings is 1. The van der Waals surface area contributed by atoms with Gasteiger partial charge >= 0.3 is 0 Å². The number of guanidine groups is 1. The second kappa shape index (κ2) is 10.4. The fourth-order valence-corrected chi connectivity index (χ4v) is 3.97. The van der Waals surface area contributed by atoms with Gasteiger partial charge in [0.2, 0.25) is 0 Å². The molecule has 0 unspecified atom stereocenters. The average molecular weight is 387 g/mol. The van der Waals surface area contributed by atoms with Crippen LogP contribution in [0.15, 0.2) is 40.7 Å². The van der Waals surface area contributed by atoms with E-state index in [4.69, 9.17) is 9.73 Å². The number of morpholine rings is 1. The van der Waals surface area contributed by atoms with Crippen LogP contribution in [0.2, 0.25) is 0 Å². The van der Waals surface area contributed by atoms with E-state index >= 15 is 0 Å². The number of hydrogen-bond donors (Lipinski definition) is 2. The van der Waals surface area contributed by atoms with Gasteiger partial charge in [-0.1, -0.05) is 24.3 Å². The molecule has 1 aromatic carbocycles. The van der Waals surface area contributed by atoms with Crippen molar-refractivity contribution in [1.82, 2.24) is 15.5 Å². The van der Waals surface area contributed by atoms with E-state index in [1.165, 1.54) is 21.6 Å². The maximum absolute atomic E-state index is 5.46. The molecule has 146 valence electrons. The van der Waals surface area contributed by atoms with Crippen LogP contribution in [-0.2, 0) is 24.4 Å². The summed E-state index contributed by atoms with van der Waals surface area (Å²) in [5, 5.41) is 8.95. The summed E-state index contributed by atoms with van der Waals surface area (Å²) in [7, 11) is 0. The van der Waals surface area contributed by atoms with Crippen molar-refractivity contribution in [3.05, 3.63) is 57.3 Å². The third-order valence-electron chi connectivity index (χ3n) is 4.75. The lowest BCUT2D eigenvalue weighted by molar-refractivity contribution is 0.0341. The van der Waals surface area contributed by atoms with Crippen LogP contribution in [-0.4, -0.2) is 43.7 Å². The standard InChI is InChI=1S/C21H30N4OS/c1-3-22-21(24-15-20-17(2)8-13-27-20)23-14-18-6-4-5-7-19(18)16-25-9-11-26-12-10-25/h4-8,13H,3,9-12,14-16H2,1-2H3,(H2,22,23,24). The zero-order chi connectivity index (χ0) is 18.9. The minimum atomic E-state index is 0.680. The van der Waals surface area contributed by atoms with Gasteiger partial charge < -0.3 is 15.4 Å². The van der Waals surface area contributed by atoms with Crippen molar-refractivity contribution in [1.29, 1.82) is 0 Å². The van der Waals surface area contributed by atoms with Crippen LogP contribution in [0.5, 0.6) is 0 Å². The molecule has 0 radical (unpaired) electrons. The highest BCUT2D eigenvalue weighted by Crippen LogP contribution is 2.16. The molecule has 6 heteroatoms. The lowest BCUT2D eigenvalue weighted by Gasteiger charge is -2.27. The molecular weight excluding hydrogens is 356 g/mol. The van der Waals surface area contributed by atoms with Gasteiger partial charge in [0, 0.05) is 31.1 Å². The van der Waals surface area contributed by atoms with Crippen molar-refractivity contribution in [3.8, 4) is 0 Å². The Morgan fingerprint density at radius 3 is 2.63 bits per heavy atom. The molecule has 1 saturated heterocycles. The Bertz CT molecular complexity index is 737. The van der Waals surface area contributed by atoms with Gasteiger partial charge in [0.25, 0.3) is 0 Å². The van der Waals surface area contributed by atoms with E-state index in [0.717, 1.165) is 51.9 Å². The number of thiophene rings is 1. The second-order valence-electron chi connectivity index (χ2n) is 6.73. The molecule has 1 aliphatic heterocycles. The Kier molecular flexibility index (Phi) is 7.68. The molecule has 0 spiro atoms. The largest absolute Gasteiger partial charge is 0.379 e. The Labute approximate surface area is 166 Å². The highest BCUT2D eigenvalue weighted by molar-refractivity contribution is 7.10. The molecule has 0 bridgehead atoms. The molecule has 0 amide bonds. The second-order valence-corrected chi connectivity index (χ2v) is 7.73. The summed E-state index contributed by atoms with van der Waals surface area (Å²) in [6, 6.07) is 10.8. The highest BCUT2D eigenvalue weighted by atomic mass is 32.1. The van der Waals surface area contributed by atoms with Crippen LogP contribution in [0, 0.1) is 6.92 Å². The van der Waals surface area contributed by atoms with Crippen molar-refractivity contribution in [2.45, 2.75) is 33.5 Å². The molecular formula is C21H30N4OS. The zero-order valence-electron chi connectivity index (χ0n) is 16.3. The van der Waals surface area contributed by atoms with E-state index in [1.807, 2.05) is 0 Å². The van der Waals surface area contributed by atoms with E-state index in [-0.39, 0.29) is 0 Å². The maximum Gasteiger partial charge on any atom is 0.191 e. The van der Waals surface area contributed by atoms with Gasteiger partial charge in [-0.3, -0.25) is 4.90 Å². The SMILES string of the molecule is CCNC(=NCc1ccccc1CN1CCOCC1)NCc1sccc1C. The molecule has 0 saturated carbocycles. The molecule has 1 aromatic heterocycles. The van der Waals surface area contributed by atoms with Gasteiger partial charge in [-0.15, -0.1) is 11.3 Å². The minimum absolute atomic E-state index is 0.680. The maximum atomic E-state index is 5.46. The fourth-order valence-electron chi connectivity index (χ4n) is 3.12.